The number of benzene rings is 1. The highest BCUT2D eigenvalue weighted by molar-refractivity contribution is 6.04. The number of oxazole rings is 1. The van der Waals surface area contributed by atoms with Crippen LogP contribution in [-0.2, 0) is 9.63 Å². The van der Waals surface area contributed by atoms with Gasteiger partial charge in [-0.3, -0.25) is 4.79 Å². The predicted octanol–water partition coefficient (Wildman–Crippen LogP) is 4.20. The standard InChI is InChI=1S/C23H22N6O3/c1-12(29-31-3)14-6-7-19-18(8-14)27-23(32-19)17-11-26-21(24-2)16-10-25-20(9-15(16)17)28-22(30)13-4-5-13/h6-11,13H,4-5H2,1-3H3,(H,24,26)(H,25,28,30)/b29-12+. The van der Waals surface area contributed by atoms with Crippen molar-refractivity contribution < 1.29 is 14.0 Å². The molecule has 3 heterocycles. The Kier molecular flexibility index (Phi) is 4.93. The van der Waals surface area contributed by atoms with Crippen molar-refractivity contribution >= 4 is 45.1 Å². The number of anilines is 2. The van der Waals surface area contributed by atoms with Crippen LogP contribution in [0.4, 0.5) is 11.6 Å². The van der Waals surface area contributed by atoms with Crippen LogP contribution < -0.4 is 10.6 Å². The van der Waals surface area contributed by atoms with Crippen molar-refractivity contribution in [2.24, 2.45) is 11.1 Å². The van der Waals surface area contributed by atoms with Crippen molar-refractivity contribution in [1.82, 2.24) is 15.0 Å². The van der Waals surface area contributed by atoms with Gasteiger partial charge in [0, 0.05) is 41.7 Å². The number of amides is 1. The number of fused-ring (bicyclic) bond motifs is 2. The van der Waals surface area contributed by atoms with Gasteiger partial charge < -0.3 is 19.9 Å². The number of oxime groups is 1. The number of nitrogens with zero attached hydrogens (tertiary/aromatic N) is 4. The van der Waals surface area contributed by atoms with Gasteiger partial charge in [0.05, 0.1) is 11.3 Å². The molecule has 1 amide bonds. The van der Waals surface area contributed by atoms with Gasteiger partial charge in [-0.2, -0.15) is 0 Å². The topological polar surface area (TPSA) is 115 Å². The van der Waals surface area contributed by atoms with Crippen LogP contribution in [0, 0.1) is 5.92 Å². The van der Waals surface area contributed by atoms with E-state index in [0.717, 1.165) is 34.9 Å². The lowest BCUT2D eigenvalue weighted by molar-refractivity contribution is -0.117. The maximum Gasteiger partial charge on any atom is 0.229 e. The largest absolute Gasteiger partial charge is 0.436 e. The maximum absolute atomic E-state index is 12.2. The quantitative estimate of drug-likeness (QED) is 0.348. The molecule has 5 rings (SSSR count). The molecule has 1 aliphatic rings. The first-order valence-corrected chi connectivity index (χ1v) is 10.3. The van der Waals surface area contributed by atoms with Gasteiger partial charge >= 0.3 is 0 Å². The lowest BCUT2D eigenvalue weighted by Crippen LogP contribution is -2.14. The molecule has 0 radical (unpaired) electrons. The predicted molar refractivity (Wildman–Crippen MR) is 123 cm³/mol. The maximum atomic E-state index is 12.2. The van der Waals surface area contributed by atoms with Crippen LogP contribution in [0.25, 0.3) is 33.3 Å². The van der Waals surface area contributed by atoms with E-state index in [-0.39, 0.29) is 11.8 Å². The highest BCUT2D eigenvalue weighted by Gasteiger charge is 2.30. The van der Waals surface area contributed by atoms with Crippen molar-refractivity contribution in [2.75, 3.05) is 24.8 Å². The van der Waals surface area contributed by atoms with Gasteiger partial charge in [-0.1, -0.05) is 5.16 Å². The Bertz CT molecular complexity index is 1370. The Hall–Kier alpha value is -4.01. The lowest BCUT2D eigenvalue weighted by Gasteiger charge is -2.10. The van der Waals surface area contributed by atoms with E-state index >= 15 is 0 Å². The third kappa shape index (κ3) is 3.62. The summed E-state index contributed by atoms with van der Waals surface area (Å²) in [7, 11) is 3.31. The number of aromatic nitrogens is 3. The van der Waals surface area contributed by atoms with Gasteiger partial charge in [-0.25, -0.2) is 15.0 Å². The molecule has 0 spiro atoms. The minimum absolute atomic E-state index is 0.00350. The van der Waals surface area contributed by atoms with E-state index in [9.17, 15) is 4.79 Å². The van der Waals surface area contributed by atoms with Crippen LogP contribution >= 0.6 is 0 Å². The van der Waals surface area contributed by atoms with Crippen LogP contribution in [0.2, 0.25) is 0 Å². The van der Waals surface area contributed by atoms with Crippen molar-refractivity contribution in [2.45, 2.75) is 19.8 Å². The fourth-order valence-electron chi connectivity index (χ4n) is 3.60. The van der Waals surface area contributed by atoms with Crippen molar-refractivity contribution in [3.8, 4) is 11.5 Å². The third-order valence-corrected chi connectivity index (χ3v) is 5.47. The fraction of sp³-hybridized carbons (Fsp3) is 0.261. The molecule has 0 aliphatic heterocycles. The van der Waals surface area contributed by atoms with E-state index in [0.29, 0.717) is 34.2 Å². The lowest BCUT2D eigenvalue weighted by atomic mass is 10.1. The Labute approximate surface area is 183 Å². The summed E-state index contributed by atoms with van der Waals surface area (Å²) in [5.41, 5.74) is 3.69. The zero-order valence-corrected chi connectivity index (χ0v) is 18.0. The molecule has 32 heavy (non-hydrogen) atoms. The molecule has 0 unspecified atom stereocenters. The first kappa shape index (κ1) is 19.9. The molecule has 1 aliphatic carbocycles. The summed E-state index contributed by atoms with van der Waals surface area (Å²) in [4.78, 5) is 30.7. The van der Waals surface area contributed by atoms with E-state index in [1.807, 2.05) is 31.2 Å². The highest BCUT2D eigenvalue weighted by Crippen LogP contribution is 2.35. The summed E-state index contributed by atoms with van der Waals surface area (Å²) in [6.45, 7) is 1.87. The molecule has 1 aromatic carbocycles. The summed E-state index contributed by atoms with van der Waals surface area (Å²) in [5, 5.41) is 11.6. The average molecular weight is 430 g/mol. The van der Waals surface area contributed by atoms with Gasteiger partial charge in [-0.15, -0.1) is 0 Å². The minimum atomic E-state index is 0.00350. The SMILES string of the molecule is CNc1ncc(-c2nc3cc(/C(C)=N/OC)ccc3o2)c2cc(NC(=O)C3CC3)ncc12. The van der Waals surface area contributed by atoms with Gasteiger partial charge in [-0.05, 0) is 44.0 Å². The van der Waals surface area contributed by atoms with E-state index < -0.39 is 0 Å². The minimum Gasteiger partial charge on any atom is -0.436 e. The number of pyridine rings is 2. The summed E-state index contributed by atoms with van der Waals surface area (Å²) in [6, 6.07) is 7.51. The van der Waals surface area contributed by atoms with Crippen LogP contribution in [-0.4, -0.2) is 40.7 Å². The summed E-state index contributed by atoms with van der Waals surface area (Å²) >= 11 is 0. The molecule has 4 aromatic rings. The Morgan fingerprint density at radius 1 is 1.19 bits per heavy atom. The number of carbonyl (C=O) groups excluding carboxylic acids is 1. The molecular weight excluding hydrogens is 408 g/mol. The number of rotatable bonds is 6. The van der Waals surface area contributed by atoms with E-state index in [2.05, 4.69) is 30.7 Å². The van der Waals surface area contributed by atoms with Gasteiger partial charge in [0.1, 0.15) is 24.3 Å². The van der Waals surface area contributed by atoms with Crippen molar-refractivity contribution in [3.63, 3.8) is 0 Å². The molecule has 1 fully saturated rings. The fourth-order valence-corrected chi connectivity index (χ4v) is 3.60. The first-order valence-electron chi connectivity index (χ1n) is 10.3. The Morgan fingerprint density at radius 3 is 2.78 bits per heavy atom. The van der Waals surface area contributed by atoms with Gasteiger partial charge in [0.25, 0.3) is 0 Å². The summed E-state index contributed by atoms with van der Waals surface area (Å²) < 4.78 is 6.05. The molecule has 0 saturated heterocycles. The zero-order chi connectivity index (χ0) is 22.2. The summed E-state index contributed by atoms with van der Waals surface area (Å²) in [5.74, 6) is 1.71. The number of carbonyl (C=O) groups is 1. The highest BCUT2D eigenvalue weighted by atomic mass is 16.6. The van der Waals surface area contributed by atoms with E-state index in [1.54, 1.807) is 19.4 Å². The molecule has 9 nitrogen and oxygen atoms in total. The molecule has 9 heteroatoms. The molecule has 3 aromatic heterocycles. The summed E-state index contributed by atoms with van der Waals surface area (Å²) in [6.07, 6.45) is 5.27. The second kappa shape index (κ2) is 7.92. The molecule has 1 saturated carbocycles. The van der Waals surface area contributed by atoms with E-state index in [4.69, 9.17) is 9.25 Å². The van der Waals surface area contributed by atoms with Crippen LogP contribution in [0.15, 0.2) is 46.2 Å². The average Bonchev–Trinajstić information content (AvgIpc) is 3.57. The van der Waals surface area contributed by atoms with Gasteiger partial charge in [0.15, 0.2) is 5.58 Å². The zero-order valence-electron chi connectivity index (χ0n) is 18.0. The number of hydrogen-bond acceptors (Lipinski definition) is 8. The third-order valence-electron chi connectivity index (χ3n) is 5.47. The van der Waals surface area contributed by atoms with Crippen LogP contribution in [0.5, 0.6) is 0 Å². The first-order chi connectivity index (χ1) is 15.6. The molecule has 0 atom stereocenters. The number of hydrogen-bond donors (Lipinski definition) is 2. The van der Waals surface area contributed by atoms with Crippen molar-refractivity contribution in [1.29, 1.82) is 0 Å². The monoisotopic (exact) mass is 430 g/mol. The molecule has 2 N–H and O–H groups in total. The molecule has 0 bridgehead atoms. The smallest absolute Gasteiger partial charge is 0.229 e. The van der Waals surface area contributed by atoms with Crippen LogP contribution in [0.1, 0.15) is 25.3 Å². The normalized spacial score (nSPS) is 14.0. The van der Waals surface area contributed by atoms with Gasteiger partial charge in [0.2, 0.25) is 11.8 Å². The second-order valence-electron chi connectivity index (χ2n) is 7.71. The molecule has 162 valence electrons. The number of nitrogens with one attached hydrogen (secondary N) is 2. The van der Waals surface area contributed by atoms with Crippen LogP contribution in [0.3, 0.4) is 0 Å². The van der Waals surface area contributed by atoms with E-state index in [1.165, 1.54) is 7.11 Å². The second-order valence-corrected chi connectivity index (χ2v) is 7.71. The Morgan fingerprint density at radius 2 is 2.03 bits per heavy atom. The van der Waals surface area contributed by atoms with Crippen molar-refractivity contribution in [3.05, 3.63) is 42.2 Å². The molecular formula is C23H22N6O3. The Balaban J connectivity index is 1.61.